The number of carbonyl (C=O) groups is 1. The lowest BCUT2D eigenvalue weighted by molar-refractivity contribution is -0.123. The summed E-state index contributed by atoms with van der Waals surface area (Å²) in [6, 6.07) is 7.40. The smallest absolute Gasteiger partial charge is 0.388 e. The van der Waals surface area contributed by atoms with Crippen LogP contribution in [0.3, 0.4) is 0 Å². The van der Waals surface area contributed by atoms with Gasteiger partial charge in [0.15, 0.2) is 0 Å². The Morgan fingerprint density at radius 1 is 1.36 bits per heavy atom. The summed E-state index contributed by atoms with van der Waals surface area (Å²) in [6.07, 6.45) is 1.26. The van der Waals surface area contributed by atoms with Crippen LogP contribution in [0.2, 0.25) is 0 Å². The minimum Gasteiger partial charge on any atom is -0.417 e. The van der Waals surface area contributed by atoms with Crippen molar-refractivity contribution in [3.8, 4) is 23.2 Å². The number of rotatable bonds is 7. The van der Waals surface area contributed by atoms with Gasteiger partial charge in [-0.15, -0.1) is 0 Å². The average molecular weight is 391 g/mol. The van der Waals surface area contributed by atoms with Gasteiger partial charge in [-0.2, -0.15) is 19.1 Å². The number of nitrogens with zero attached hydrogens (tertiary/aromatic N) is 4. The summed E-state index contributed by atoms with van der Waals surface area (Å²) in [5.74, 6) is -0.934. The molecule has 0 aromatic carbocycles. The van der Waals surface area contributed by atoms with Crippen molar-refractivity contribution >= 4 is 5.91 Å². The van der Waals surface area contributed by atoms with Gasteiger partial charge in [0.2, 0.25) is 11.8 Å². The summed E-state index contributed by atoms with van der Waals surface area (Å²) in [5.41, 5.74) is -0.828. The van der Waals surface area contributed by atoms with Gasteiger partial charge in [-0.25, -0.2) is 9.67 Å². The highest BCUT2D eigenvalue weighted by atomic mass is 19.3. The number of carbonyl (C=O) groups excluding carboxylic acids is 1. The Morgan fingerprint density at radius 2 is 2.07 bits per heavy atom. The summed E-state index contributed by atoms with van der Waals surface area (Å²) in [6.45, 7) is 1.82. The van der Waals surface area contributed by atoms with Gasteiger partial charge in [-0.05, 0) is 25.0 Å². The van der Waals surface area contributed by atoms with Gasteiger partial charge < -0.3 is 10.1 Å². The van der Waals surface area contributed by atoms with Crippen LogP contribution in [0.1, 0.15) is 20.8 Å². The lowest BCUT2D eigenvalue weighted by atomic mass is 9.90. The van der Waals surface area contributed by atoms with Crippen molar-refractivity contribution < 1.29 is 18.3 Å². The molecule has 0 fully saturated rings. The molecule has 0 saturated heterocycles. The van der Waals surface area contributed by atoms with Gasteiger partial charge in [0.05, 0.1) is 11.8 Å². The minimum absolute atomic E-state index is 0.141. The van der Waals surface area contributed by atoms with Crippen LogP contribution in [0, 0.1) is 17.2 Å². The molecule has 1 unspecified atom stereocenters. The molecule has 0 aliphatic rings. The molecule has 1 atom stereocenters. The number of ether oxygens (including phenoxy) is 1. The quantitative estimate of drug-likeness (QED) is 0.773. The van der Waals surface area contributed by atoms with E-state index in [1.54, 1.807) is 20.8 Å². The minimum atomic E-state index is -2.98. The van der Waals surface area contributed by atoms with E-state index in [1.165, 1.54) is 30.5 Å². The SMILES string of the molecule is CC(C)C(C)(C#N)NC(=O)Cn1nc(-c2ccc(OC(F)F)nc2)ccc1=O. The fourth-order valence-electron chi connectivity index (χ4n) is 2.18. The fraction of sp³-hybridized carbons (Fsp3) is 0.389. The van der Waals surface area contributed by atoms with Crippen LogP contribution in [0.25, 0.3) is 11.3 Å². The zero-order valence-electron chi connectivity index (χ0n) is 15.5. The fourth-order valence-corrected chi connectivity index (χ4v) is 2.18. The molecule has 2 rings (SSSR count). The Balaban J connectivity index is 2.20. The molecule has 10 heteroatoms. The lowest BCUT2D eigenvalue weighted by Crippen LogP contribution is -2.50. The monoisotopic (exact) mass is 391 g/mol. The number of hydrogen-bond donors (Lipinski definition) is 1. The van der Waals surface area contributed by atoms with Crippen LogP contribution >= 0.6 is 0 Å². The van der Waals surface area contributed by atoms with E-state index in [-0.39, 0.29) is 18.3 Å². The van der Waals surface area contributed by atoms with Crippen LogP contribution in [0.5, 0.6) is 5.88 Å². The molecule has 28 heavy (non-hydrogen) atoms. The Morgan fingerprint density at radius 3 is 2.61 bits per heavy atom. The average Bonchev–Trinajstić information content (AvgIpc) is 2.63. The number of hydrogen-bond acceptors (Lipinski definition) is 6. The number of nitriles is 1. The molecule has 0 bridgehead atoms. The first-order valence-electron chi connectivity index (χ1n) is 8.36. The Bertz CT molecular complexity index is 937. The summed E-state index contributed by atoms with van der Waals surface area (Å²) in [4.78, 5) is 28.0. The summed E-state index contributed by atoms with van der Waals surface area (Å²) < 4.78 is 29.5. The van der Waals surface area contributed by atoms with E-state index in [9.17, 15) is 23.6 Å². The second-order valence-corrected chi connectivity index (χ2v) is 6.50. The van der Waals surface area contributed by atoms with Gasteiger partial charge in [0, 0.05) is 23.9 Å². The van der Waals surface area contributed by atoms with Crippen molar-refractivity contribution in [2.75, 3.05) is 0 Å². The predicted molar refractivity (Wildman–Crippen MR) is 95.4 cm³/mol. The highest BCUT2D eigenvalue weighted by Gasteiger charge is 2.30. The zero-order chi connectivity index (χ0) is 20.9. The van der Waals surface area contributed by atoms with Crippen LogP contribution < -0.4 is 15.6 Å². The topological polar surface area (TPSA) is 110 Å². The first kappa shape index (κ1) is 21.0. The van der Waals surface area contributed by atoms with Crippen LogP contribution in [0.4, 0.5) is 8.78 Å². The van der Waals surface area contributed by atoms with Crippen molar-refractivity contribution in [2.45, 2.75) is 39.5 Å². The van der Waals surface area contributed by atoms with Crippen LogP contribution in [-0.4, -0.2) is 32.8 Å². The van der Waals surface area contributed by atoms with Crippen LogP contribution in [-0.2, 0) is 11.3 Å². The van der Waals surface area contributed by atoms with Gasteiger partial charge in [0.25, 0.3) is 5.56 Å². The normalized spacial score (nSPS) is 13.1. The molecular formula is C18H19F2N5O3. The van der Waals surface area contributed by atoms with Gasteiger partial charge in [-0.3, -0.25) is 9.59 Å². The highest BCUT2D eigenvalue weighted by Crippen LogP contribution is 2.18. The Hall–Kier alpha value is -3.35. The molecule has 1 N–H and O–H groups in total. The van der Waals surface area contributed by atoms with E-state index in [0.29, 0.717) is 11.3 Å². The molecular weight excluding hydrogens is 372 g/mol. The van der Waals surface area contributed by atoms with Gasteiger partial charge >= 0.3 is 6.61 Å². The van der Waals surface area contributed by atoms with Crippen molar-refractivity contribution in [1.82, 2.24) is 20.1 Å². The summed E-state index contributed by atoms with van der Waals surface area (Å²) in [7, 11) is 0. The van der Waals surface area contributed by atoms with Crippen LogP contribution in [0.15, 0.2) is 35.3 Å². The highest BCUT2D eigenvalue weighted by molar-refractivity contribution is 5.77. The third-order valence-electron chi connectivity index (χ3n) is 4.19. The molecule has 148 valence electrons. The van der Waals surface area contributed by atoms with E-state index in [2.05, 4.69) is 26.2 Å². The first-order chi connectivity index (χ1) is 13.1. The second kappa shape index (κ2) is 8.56. The first-order valence-corrected chi connectivity index (χ1v) is 8.36. The number of amides is 1. The largest absolute Gasteiger partial charge is 0.417 e. The molecule has 2 aromatic heterocycles. The molecule has 2 heterocycles. The number of aromatic nitrogens is 3. The third-order valence-corrected chi connectivity index (χ3v) is 4.19. The number of nitrogens with one attached hydrogen (secondary N) is 1. The molecule has 0 spiro atoms. The summed E-state index contributed by atoms with van der Waals surface area (Å²) in [5, 5.41) is 16.0. The van der Waals surface area contributed by atoms with Crippen molar-refractivity contribution in [1.29, 1.82) is 5.26 Å². The molecule has 1 amide bonds. The molecule has 0 aliphatic heterocycles. The maximum atomic E-state index is 12.3. The lowest BCUT2D eigenvalue weighted by Gasteiger charge is -2.27. The van der Waals surface area contributed by atoms with Gasteiger partial charge in [0.1, 0.15) is 12.1 Å². The predicted octanol–water partition coefficient (Wildman–Crippen LogP) is 1.96. The van der Waals surface area contributed by atoms with E-state index in [1.807, 2.05) is 0 Å². The van der Waals surface area contributed by atoms with E-state index in [4.69, 9.17) is 0 Å². The third kappa shape index (κ3) is 5.09. The van der Waals surface area contributed by atoms with E-state index >= 15 is 0 Å². The number of pyridine rings is 1. The van der Waals surface area contributed by atoms with E-state index < -0.39 is 23.6 Å². The molecule has 0 radical (unpaired) electrons. The van der Waals surface area contributed by atoms with Crippen molar-refractivity contribution in [3.05, 3.63) is 40.8 Å². The standard InChI is InChI=1S/C18H19F2N5O3/c1-11(2)18(3,10-21)23-14(26)9-25-16(27)7-5-13(24-25)12-4-6-15(22-8-12)28-17(19)20/h4-8,11,17H,9H2,1-3H3,(H,23,26). The Labute approximate surface area is 159 Å². The van der Waals surface area contributed by atoms with Crippen molar-refractivity contribution in [3.63, 3.8) is 0 Å². The number of alkyl halides is 2. The second-order valence-electron chi connectivity index (χ2n) is 6.50. The Kier molecular flexibility index (Phi) is 6.41. The molecule has 0 saturated carbocycles. The summed E-state index contributed by atoms with van der Waals surface area (Å²) >= 11 is 0. The maximum Gasteiger partial charge on any atom is 0.388 e. The van der Waals surface area contributed by atoms with Crippen molar-refractivity contribution in [2.24, 2.45) is 5.92 Å². The van der Waals surface area contributed by atoms with Gasteiger partial charge in [-0.1, -0.05) is 13.8 Å². The van der Waals surface area contributed by atoms with E-state index in [0.717, 1.165) is 4.68 Å². The maximum absolute atomic E-state index is 12.3. The molecule has 8 nitrogen and oxygen atoms in total. The number of halogens is 2. The molecule has 2 aromatic rings. The zero-order valence-corrected chi connectivity index (χ0v) is 15.5. The molecule has 0 aliphatic carbocycles.